The average molecular weight is 408 g/mol. The highest BCUT2D eigenvalue weighted by Gasteiger charge is 2.44. The SMILES string of the molecule is CCc1nnc2c(C(F)(F)F)c([S+](C)Oc3c(F)cc(F)cc3F)ccn12. The molecule has 4 nitrogen and oxygen atoms in total. The van der Waals surface area contributed by atoms with Gasteiger partial charge in [-0.25, -0.2) is 13.2 Å². The average Bonchev–Trinajstić information content (AvgIpc) is 2.98. The molecule has 0 aliphatic rings. The summed E-state index contributed by atoms with van der Waals surface area (Å²) < 4.78 is 87.9. The van der Waals surface area contributed by atoms with E-state index in [1.165, 1.54) is 16.9 Å². The normalized spacial score (nSPS) is 13.2. The standard InChI is InChI=1S/C16H12F6N3OS/c1-3-12-23-24-15-13(16(20,21)22)11(4-5-25(12)15)27(2)26-14-9(18)6-8(17)7-10(14)19/h4-7H,3H2,1-2H3/q+1. The Morgan fingerprint density at radius 1 is 1.11 bits per heavy atom. The number of rotatable bonds is 4. The zero-order valence-electron chi connectivity index (χ0n) is 13.9. The molecule has 11 heteroatoms. The molecule has 1 aromatic carbocycles. The first-order valence-electron chi connectivity index (χ1n) is 7.56. The molecule has 0 saturated heterocycles. The van der Waals surface area contributed by atoms with Crippen LogP contribution in [-0.4, -0.2) is 20.9 Å². The summed E-state index contributed by atoms with van der Waals surface area (Å²) in [5.74, 6) is -4.49. The Morgan fingerprint density at radius 3 is 2.30 bits per heavy atom. The highest BCUT2D eigenvalue weighted by atomic mass is 32.2. The second-order valence-corrected chi connectivity index (χ2v) is 6.97. The molecule has 1 atom stereocenters. The smallest absolute Gasteiger partial charge is 0.286 e. The topological polar surface area (TPSA) is 39.4 Å². The Morgan fingerprint density at radius 2 is 1.74 bits per heavy atom. The fourth-order valence-corrected chi connectivity index (χ4v) is 3.76. The van der Waals surface area contributed by atoms with E-state index >= 15 is 0 Å². The van der Waals surface area contributed by atoms with Crippen LogP contribution in [0.3, 0.4) is 0 Å². The number of halogens is 6. The van der Waals surface area contributed by atoms with Gasteiger partial charge in [-0.1, -0.05) is 6.92 Å². The van der Waals surface area contributed by atoms with Crippen molar-refractivity contribution in [2.75, 3.05) is 6.26 Å². The second-order valence-electron chi connectivity index (χ2n) is 5.45. The molecule has 0 spiro atoms. The molecule has 0 aliphatic heterocycles. The third kappa shape index (κ3) is 3.55. The third-order valence-corrected chi connectivity index (χ3v) is 5.07. The lowest BCUT2D eigenvalue weighted by atomic mass is 10.2. The predicted octanol–water partition coefficient (Wildman–Crippen LogP) is 4.33. The zero-order valence-corrected chi connectivity index (χ0v) is 14.8. The number of alkyl halides is 3. The summed E-state index contributed by atoms with van der Waals surface area (Å²) in [7, 11) is 0. The van der Waals surface area contributed by atoms with Crippen molar-refractivity contribution >= 4 is 16.8 Å². The molecule has 0 saturated carbocycles. The van der Waals surface area contributed by atoms with E-state index in [1.54, 1.807) is 6.92 Å². The van der Waals surface area contributed by atoms with Crippen LogP contribution in [0, 0.1) is 17.5 Å². The maximum Gasteiger partial charge on any atom is 0.425 e. The fourth-order valence-electron chi connectivity index (χ4n) is 2.51. The van der Waals surface area contributed by atoms with Gasteiger partial charge < -0.3 is 0 Å². The van der Waals surface area contributed by atoms with E-state index in [4.69, 9.17) is 4.18 Å². The van der Waals surface area contributed by atoms with Gasteiger partial charge in [-0.15, -0.1) is 10.2 Å². The molecular weight excluding hydrogens is 396 g/mol. The number of hydrogen-bond acceptors (Lipinski definition) is 3. The van der Waals surface area contributed by atoms with E-state index in [1.807, 2.05) is 0 Å². The number of fused-ring (bicyclic) bond motifs is 1. The van der Waals surface area contributed by atoms with E-state index in [0.29, 0.717) is 24.4 Å². The van der Waals surface area contributed by atoms with Crippen LogP contribution in [0.1, 0.15) is 18.3 Å². The minimum atomic E-state index is -4.81. The van der Waals surface area contributed by atoms with Crippen LogP contribution in [0.5, 0.6) is 5.75 Å². The van der Waals surface area contributed by atoms with Crippen LogP contribution >= 0.6 is 0 Å². The van der Waals surface area contributed by atoms with Gasteiger partial charge in [0.25, 0.3) is 5.75 Å². The van der Waals surface area contributed by atoms with Crippen LogP contribution < -0.4 is 4.18 Å². The summed E-state index contributed by atoms with van der Waals surface area (Å²) in [6, 6.07) is 1.91. The Bertz CT molecular complexity index is 981. The van der Waals surface area contributed by atoms with Crippen molar-refractivity contribution in [3.05, 3.63) is 53.2 Å². The summed E-state index contributed by atoms with van der Waals surface area (Å²) in [5.41, 5.74) is -1.54. The fraction of sp³-hybridized carbons (Fsp3) is 0.250. The van der Waals surface area contributed by atoms with Crippen molar-refractivity contribution in [3.63, 3.8) is 0 Å². The monoisotopic (exact) mass is 408 g/mol. The van der Waals surface area contributed by atoms with Crippen molar-refractivity contribution in [1.82, 2.24) is 14.6 Å². The highest BCUT2D eigenvalue weighted by molar-refractivity contribution is 7.92. The number of nitrogens with zero attached hydrogens (tertiary/aromatic N) is 3. The predicted molar refractivity (Wildman–Crippen MR) is 85.9 cm³/mol. The molecule has 3 rings (SSSR count). The lowest BCUT2D eigenvalue weighted by Crippen LogP contribution is -2.19. The number of aromatic nitrogens is 3. The molecule has 27 heavy (non-hydrogen) atoms. The highest BCUT2D eigenvalue weighted by Crippen LogP contribution is 2.38. The number of benzene rings is 1. The molecule has 1 unspecified atom stereocenters. The largest absolute Gasteiger partial charge is 0.425 e. The Balaban J connectivity index is 2.11. The van der Waals surface area contributed by atoms with E-state index in [2.05, 4.69) is 10.2 Å². The zero-order chi connectivity index (χ0) is 19.9. The Hall–Kier alpha value is -2.43. The van der Waals surface area contributed by atoms with Crippen molar-refractivity contribution < 1.29 is 30.5 Å². The maximum atomic E-state index is 13.8. The molecule has 3 aromatic rings. The van der Waals surface area contributed by atoms with Crippen LogP contribution in [0.25, 0.3) is 5.65 Å². The Kier molecular flexibility index (Phi) is 4.98. The summed E-state index contributed by atoms with van der Waals surface area (Å²) in [4.78, 5) is -0.354. The molecule has 0 fully saturated rings. The molecule has 0 amide bonds. The molecule has 0 radical (unpaired) electrons. The van der Waals surface area contributed by atoms with Crippen LogP contribution in [-0.2, 0) is 23.8 Å². The quantitative estimate of drug-likeness (QED) is 0.477. The first-order valence-corrected chi connectivity index (χ1v) is 9.12. The van der Waals surface area contributed by atoms with E-state index in [9.17, 15) is 26.3 Å². The number of pyridine rings is 1. The molecule has 0 N–H and O–H groups in total. The van der Waals surface area contributed by atoms with Gasteiger partial charge in [0, 0.05) is 30.8 Å². The first-order chi connectivity index (χ1) is 12.6. The van der Waals surface area contributed by atoms with Crippen molar-refractivity contribution in [2.24, 2.45) is 0 Å². The third-order valence-electron chi connectivity index (χ3n) is 3.69. The van der Waals surface area contributed by atoms with Crippen molar-refractivity contribution in [2.45, 2.75) is 24.4 Å². The molecule has 2 aromatic heterocycles. The number of aryl methyl sites for hydroxylation is 1. The molecule has 2 heterocycles. The van der Waals surface area contributed by atoms with E-state index < -0.39 is 51.8 Å². The minimum absolute atomic E-state index is 0.328. The van der Waals surface area contributed by atoms with Gasteiger partial charge in [-0.05, 0) is 0 Å². The van der Waals surface area contributed by atoms with Crippen molar-refractivity contribution in [3.8, 4) is 5.75 Å². The van der Waals surface area contributed by atoms with E-state index in [0.717, 1.165) is 6.07 Å². The van der Waals surface area contributed by atoms with Gasteiger partial charge in [0.05, 0.1) is 0 Å². The van der Waals surface area contributed by atoms with Gasteiger partial charge in [0.15, 0.2) is 22.8 Å². The molecule has 0 aliphatic carbocycles. The Labute approximate surface area is 152 Å². The van der Waals surface area contributed by atoms with Crippen molar-refractivity contribution in [1.29, 1.82) is 0 Å². The van der Waals surface area contributed by atoms with Gasteiger partial charge in [-0.3, -0.25) is 8.58 Å². The van der Waals surface area contributed by atoms with Crippen LogP contribution in [0.2, 0.25) is 0 Å². The van der Waals surface area contributed by atoms with Crippen LogP contribution in [0.4, 0.5) is 26.3 Å². The summed E-state index contributed by atoms with van der Waals surface area (Å²) in [6.45, 7) is 1.71. The lowest BCUT2D eigenvalue weighted by Gasteiger charge is -2.12. The summed E-state index contributed by atoms with van der Waals surface area (Å²) in [6.07, 6.45) is -1.89. The first kappa shape index (κ1) is 19.3. The molecule has 0 bridgehead atoms. The van der Waals surface area contributed by atoms with E-state index in [-0.39, 0.29) is 4.90 Å². The lowest BCUT2D eigenvalue weighted by molar-refractivity contribution is -0.138. The van der Waals surface area contributed by atoms with Gasteiger partial charge in [0.1, 0.15) is 17.9 Å². The van der Waals surface area contributed by atoms with Crippen LogP contribution in [0.15, 0.2) is 29.3 Å². The van der Waals surface area contributed by atoms with Gasteiger partial charge in [0.2, 0.25) is 16.1 Å². The summed E-state index contributed by atoms with van der Waals surface area (Å²) >= 11 is -1.72. The van der Waals surface area contributed by atoms with Gasteiger partial charge in [-0.2, -0.15) is 13.2 Å². The maximum absolute atomic E-state index is 13.8. The summed E-state index contributed by atoms with van der Waals surface area (Å²) in [5, 5.41) is 7.32. The minimum Gasteiger partial charge on any atom is -0.286 e. The van der Waals surface area contributed by atoms with Gasteiger partial charge >= 0.3 is 6.18 Å². The molecular formula is C16H12F6N3OS+. The number of hydrogen-bond donors (Lipinski definition) is 0. The molecule has 144 valence electrons. The second kappa shape index (κ2) is 6.95.